The molecule has 2 atom stereocenters. The van der Waals surface area contributed by atoms with E-state index in [4.69, 9.17) is 16.3 Å². The molecule has 0 fully saturated rings. The highest BCUT2D eigenvalue weighted by Crippen LogP contribution is 2.35. The molecule has 1 unspecified atom stereocenters. The second kappa shape index (κ2) is 8.62. The fraction of sp³-hybridized carbons (Fsp3) is 0.562. The van der Waals surface area contributed by atoms with Crippen molar-refractivity contribution < 1.29 is 27.3 Å². The van der Waals surface area contributed by atoms with Gasteiger partial charge in [-0.3, -0.25) is 4.79 Å². The van der Waals surface area contributed by atoms with Crippen LogP contribution in [-0.4, -0.2) is 21.9 Å². The molecular weight excluding hydrogens is 379 g/mol. The summed E-state index contributed by atoms with van der Waals surface area (Å²) in [6.07, 6.45) is -4.85. The normalized spacial score (nSPS) is 14.9. The quantitative estimate of drug-likeness (QED) is 0.568. The third-order valence-electron chi connectivity index (χ3n) is 3.18. The number of benzene rings is 1. The Morgan fingerprint density at radius 1 is 1.36 bits per heavy atom. The standard InChI is InChI=1S/C16H21ClF3NO3S/c1-5-24-14(22)9-13(21-25(23)15(2,3)4)11-8-10(16(18,19)20)6-7-12(11)17/h6-8,13,21H,5,9H2,1-4H3/t13-,25?/m0/s1. The van der Waals surface area contributed by atoms with Gasteiger partial charge in [0.1, 0.15) is 4.75 Å². The zero-order chi connectivity index (χ0) is 19.4. The number of nitrogens with one attached hydrogen (secondary N) is 1. The van der Waals surface area contributed by atoms with E-state index in [2.05, 4.69) is 4.72 Å². The highest BCUT2D eigenvalue weighted by Gasteiger charge is 2.35. The molecule has 1 aromatic rings. The van der Waals surface area contributed by atoms with Crippen LogP contribution in [0.15, 0.2) is 18.2 Å². The van der Waals surface area contributed by atoms with E-state index < -0.39 is 39.9 Å². The Morgan fingerprint density at radius 2 is 1.96 bits per heavy atom. The number of carbonyl (C=O) groups is 1. The van der Waals surface area contributed by atoms with Gasteiger partial charge in [0.05, 0.1) is 24.6 Å². The smallest absolute Gasteiger partial charge is 0.416 e. The number of halogens is 4. The first-order chi connectivity index (χ1) is 11.4. The van der Waals surface area contributed by atoms with E-state index in [0.717, 1.165) is 18.2 Å². The Hall–Kier alpha value is -0.960. The minimum absolute atomic E-state index is 0.0423. The first-order valence-electron chi connectivity index (χ1n) is 7.56. The van der Waals surface area contributed by atoms with Crippen LogP contribution in [0.4, 0.5) is 13.2 Å². The van der Waals surface area contributed by atoms with Gasteiger partial charge in [0.2, 0.25) is 0 Å². The van der Waals surface area contributed by atoms with E-state index in [0.29, 0.717) is 0 Å². The maximum Gasteiger partial charge on any atom is 0.416 e. The lowest BCUT2D eigenvalue weighted by Gasteiger charge is -2.28. The lowest BCUT2D eigenvalue weighted by Crippen LogP contribution is -2.42. The van der Waals surface area contributed by atoms with Gasteiger partial charge in [-0.15, -0.1) is 4.72 Å². The molecule has 1 N–H and O–H groups in total. The van der Waals surface area contributed by atoms with Crippen LogP contribution in [0.3, 0.4) is 0 Å². The fourth-order valence-corrected chi connectivity index (χ4v) is 2.97. The van der Waals surface area contributed by atoms with Crippen molar-refractivity contribution in [2.24, 2.45) is 0 Å². The number of esters is 1. The molecule has 0 saturated carbocycles. The average Bonchev–Trinajstić information content (AvgIpc) is 2.45. The van der Waals surface area contributed by atoms with Crippen LogP contribution in [0.25, 0.3) is 0 Å². The van der Waals surface area contributed by atoms with Gasteiger partial charge in [-0.25, -0.2) is 0 Å². The lowest BCUT2D eigenvalue weighted by molar-refractivity contribution is -0.143. The molecule has 1 rings (SSSR count). The highest BCUT2D eigenvalue weighted by molar-refractivity contribution is 7.90. The number of carbonyl (C=O) groups excluding carboxylic acids is 1. The zero-order valence-electron chi connectivity index (χ0n) is 14.4. The van der Waals surface area contributed by atoms with Crippen LogP contribution in [0.5, 0.6) is 0 Å². The molecule has 0 radical (unpaired) electrons. The summed E-state index contributed by atoms with van der Waals surface area (Å²) in [4.78, 5) is 11.8. The van der Waals surface area contributed by atoms with Gasteiger partial charge in [-0.1, -0.05) is 11.6 Å². The molecule has 9 heteroatoms. The summed E-state index contributed by atoms with van der Waals surface area (Å²) in [6.45, 7) is 6.84. The predicted octanol–water partition coefficient (Wildman–Crippen LogP) is 4.40. The van der Waals surface area contributed by atoms with Gasteiger partial charge in [0.25, 0.3) is 0 Å². The number of ether oxygens (including phenoxy) is 1. The number of hydrogen-bond donors (Lipinski definition) is 1. The van der Waals surface area contributed by atoms with Gasteiger partial charge >= 0.3 is 12.1 Å². The van der Waals surface area contributed by atoms with Crippen LogP contribution >= 0.6 is 11.6 Å². The summed E-state index contributed by atoms with van der Waals surface area (Å²) in [5.41, 5.74) is -0.855. The minimum atomic E-state index is -4.56. The van der Waals surface area contributed by atoms with Crippen LogP contribution in [-0.2, 0) is 27.1 Å². The molecule has 4 nitrogen and oxygen atoms in total. The second-order valence-corrected chi connectivity index (χ2v) is 8.70. The third-order valence-corrected chi connectivity index (χ3v) is 5.14. The molecule has 0 heterocycles. The Labute approximate surface area is 153 Å². The van der Waals surface area contributed by atoms with Crippen molar-refractivity contribution in [2.45, 2.75) is 51.1 Å². The zero-order valence-corrected chi connectivity index (χ0v) is 15.9. The Balaban J connectivity index is 3.24. The molecule has 142 valence electrons. The predicted molar refractivity (Wildman–Crippen MR) is 91.5 cm³/mol. The molecule has 0 aliphatic carbocycles. The molecule has 0 bridgehead atoms. The molecule has 0 aliphatic heterocycles. The van der Waals surface area contributed by atoms with E-state index in [1.807, 2.05) is 0 Å². The molecule has 0 aromatic heterocycles. The van der Waals surface area contributed by atoms with Crippen LogP contribution in [0, 0.1) is 0 Å². The maximum absolute atomic E-state index is 13.0. The third kappa shape index (κ3) is 6.69. The van der Waals surface area contributed by atoms with Crippen molar-refractivity contribution >= 4 is 28.9 Å². The van der Waals surface area contributed by atoms with Crippen molar-refractivity contribution in [3.63, 3.8) is 0 Å². The lowest BCUT2D eigenvalue weighted by atomic mass is 10.0. The summed E-state index contributed by atoms with van der Waals surface area (Å²) in [6, 6.07) is 1.85. The molecule has 25 heavy (non-hydrogen) atoms. The van der Waals surface area contributed by atoms with Gasteiger partial charge in [0.15, 0.2) is 0 Å². The Kier molecular flexibility index (Phi) is 7.61. The van der Waals surface area contributed by atoms with Gasteiger partial charge in [0, 0.05) is 16.4 Å². The van der Waals surface area contributed by atoms with E-state index in [1.165, 1.54) is 0 Å². The van der Waals surface area contributed by atoms with Gasteiger partial charge < -0.3 is 9.29 Å². The maximum atomic E-state index is 13.0. The summed E-state index contributed by atoms with van der Waals surface area (Å²) in [7, 11) is 0. The highest BCUT2D eigenvalue weighted by atomic mass is 35.5. The first kappa shape index (κ1) is 22.1. The summed E-state index contributed by atoms with van der Waals surface area (Å²) in [5.74, 6) is -0.626. The topological polar surface area (TPSA) is 61.4 Å². The van der Waals surface area contributed by atoms with Crippen molar-refractivity contribution in [1.82, 2.24) is 4.72 Å². The minimum Gasteiger partial charge on any atom is -0.598 e. The number of alkyl halides is 3. The monoisotopic (exact) mass is 399 g/mol. The van der Waals surface area contributed by atoms with Crippen molar-refractivity contribution in [3.05, 3.63) is 34.3 Å². The van der Waals surface area contributed by atoms with Crippen LogP contribution < -0.4 is 4.72 Å². The van der Waals surface area contributed by atoms with Crippen molar-refractivity contribution in [2.75, 3.05) is 6.61 Å². The van der Waals surface area contributed by atoms with E-state index in [-0.39, 0.29) is 23.6 Å². The molecule has 1 aromatic carbocycles. The van der Waals surface area contributed by atoms with E-state index >= 15 is 0 Å². The van der Waals surface area contributed by atoms with Gasteiger partial charge in [-0.05, 0) is 51.5 Å². The Morgan fingerprint density at radius 3 is 2.44 bits per heavy atom. The summed E-state index contributed by atoms with van der Waals surface area (Å²) in [5, 5.41) is 0.0423. The van der Waals surface area contributed by atoms with Gasteiger partial charge in [-0.2, -0.15) is 13.2 Å². The second-order valence-electron chi connectivity index (χ2n) is 6.29. The molecule has 0 amide bonds. The van der Waals surface area contributed by atoms with Crippen molar-refractivity contribution in [1.29, 1.82) is 0 Å². The molecular formula is C16H21ClF3NO3S. The molecule has 0 saturated heterocycles. The number of rotatable bonds is 6. The molecule has 0 aliphatic rings. The summed E-state index contributed by atoms with van der Waals surface area (Å²) < 4.78 is 58.2. The number of hydrogen-bond acceptors (Lipinski definition) is 4. The largest absolute Gasteiger partial charge is 0.598 e. The van der Waals surface area contributed by atoms with E-state index in [9.17, 15) is 22.5 Å². The van der Waals surface area contributed by atoms with Crippen LogP contribution in [0.1, 0.15) is 51.3 Å². The average molecular weight is 400 g/mol. The Bertz CT molecular complexity index is 605. The summed E-state index contributed by atoms with van der Waals surface area (Å²) >= 11 is 4.42. The molecule has 0 spiro atoms. The SMILES string of the molecule is CCOC(=O)C[C@H](N[S+]([O-])C(C)(C)C)c1cc(C(F)(F)F)ccc1Cl. The van der Waals surface area contributed by atoms with Crippen molar-refractivity contribution in [3.8, 4) is 0 Å². The van der Waals surface area contributed by atoms with Crippen LogP contribution in [0.2, 0.25) is 5.02 Å². The van der Waals surface area contributed by atoms with E-state index in [1.54, 1.807) is 27.7 Å². The fourth-order valence-electron chi connectivity index (χ4n) is 1.89. The first-order valence-corrected chi connectivity index (χ1v) is 9.09.